The lowest BCUT2D eigenvalue weighted by Gasteiger charge is -2.22. The molecule has 2 atom stereocenters. The maximum absolute atomic E-state index is 5.73. The molecule has 1 saturated heterocycles. The summed E-state index contributed by atoms with van der Waals surface area (Å²) in [7, 11) is 3.91. The molecule has 0 amide bonds. The summed E-state index contributed by atoms with van der Waals surface area (Å²) in [6, 6.07) is 4.39. The Hall–Kier alpha value is -2.21. The van der Waals surface area contributed by atoms with Crippen LogP contribution < -0.4 is 10.2 Å². The van der Waals surface area contributed by atoms with Crippen LogP contribution >= 0.6 is 0 Å². The molecule has 6 heteroatoms. The lowest BCUT2D eigenvalue weighted by atomic mass is 9.95. The van der Waals surface area contributed by atoms with Gasteiger partial charge in [-0.2, -0.15) is 4.98 Å². The SMILES string of the molecule is Cc1nc(N(C)C)nc(N[C@@H]2COC[C@H]2Cc2ccncc2)c1C. The van der Waals surface area contributed by atoms with Crippen molar-refractivity contribution in [1.29, 1.82) is 0 Å². The average Bonchev–Trinajstić information content (AvgIpc) is 2.99. The Labute approximate surface area is 143 Å². The fraction of sp³-hybridized carbons (Fsp3) is 0.500. The van der Waals surface area contributed by atoms with Gasteiger partial charge in [0.2, 0.25) is 5.95 Å². The second kappa shape index (κ2) is 7.13. The minimum atomic E-state index is 0.251. The van der Waals surface area contributed by atoms with Crippen molar-refractivity contribution in [1.82, 2.24) is 15.0 Å². The van der Waals surface area contributed by atoms with Gasteiger partial charge < -0.3 is 15.0 Å². The molecule has 0 aliphatic carbocycles. The predicted octanol–water partition coefficient (Wildman–Crippen LogP) is 2.22. The number of aryl methyl sites for hydroxylation is 1. The third-order valence-corrected chi connectivity index (χ3v) is 4.55. The van der Waals surface area contributed by atoms with E-state index in [2.05, 4.69) is 39.3 Å². The summed E-state index contributed by atoms with van der Waals surface area (Å²) in [6.45, 7) is 5.55. The van der Waals surface area contributed by atoms with Crippen LogP contribution in [0, 0.1) is 19.8 Å². The second-order valence-electron chi connectivity index (χ2n) is 6.59. The molecule has 3 heterocycles. The minimum absolute atomic E-state index is 0.251. The number of pyridine rings is 1. The van der Waals surface area contributed by atoms with Gasteiger partial charge in [0.05, 0.1) is 19.3 Å². The van der Waals surface area contributed by atoms with Crippen LogP contribution in [0.15, 0.2) is 24.5 Å². The van der Waals surface area contributed by atoms with Crippen molar-refractivity contribution in [2.75, 3.05) is 37.5 Å². The van der Waals surface area contributed by atoms with Crippen LogP contribution in [0.4, 0.5) is 11.8 Å². The molecule has 1 fully saturated rings. The van der Waals surface area contributed by atoms with Gasteiger partial charge in [-0.25, -0.2) is 4.98 Å². The molecule has 0 unspecified atom stereocenters. The molecular formula is C18H25N5O. The number of ether oxygens (including phenoxy) is 1. The van der Waals surface area contributed by atoms with Crippen LogP contribution in [-0.2, 0) is 11.2 Å². The number of rotatable bonds is 5. The van der Waals surface area contributed by atoms with Gasteiger partial charge in [-0.15, -0.1) is 0 Å². The predicted molar refractivity (Wildman–Crippen MR) is 95.5 cm³/mol. The molecule has 6 nitrogen and oxygen atoms in total. The smallest absolute Gasteiger partial charge is 0.227 e. The lowest BCUT2D eigenvalue weighted by Crippen LogP contribution is -2.30. The number of anilines is 2. The molecule has 24 heavy (non-hydrogen) atoms. The number of nitrogens with zero attached hydrogens (tertiary/aromatic N) is 4. The molecule has 3 rings (SSSR count). The van der Waals surface area contributed by atoms with Crippen molar-refractivity contribution in [3.8, 4) is 0 Å². The fourth-order valence-electron chi connectivity index (χ4n) is 2.91. The maximum atomic E-state index is 5.73. The Morgan fingerprint density at radius 3 is 2.62 bits per heavy atom. The zero-order chi connectivity index (χ0) is 17.1. The van der Waals surface area contributed by atoms with E-state index < -0.39 is 0 Å². The molecule has 0 bridgehead atoms. The van der Waals surface area contributed by atoms with Gasteiger partial charge in [0, 0.05) is 43.7 Å². The lowest BCUT2D eigenvalue weighted by molar-refractivity contribution is 0.185. The molecular weight excluding hydrogens is 302 g/mol. The highest BCUT2D eigenvalue weighted by Crippen LogP contribution is 2.25. The highest BCUT2D eigenvalue weighted by atomic mass is 16.5. The summed E-state index contributed by atoms with van der Waals surface area (Å²) in [4.78, 5) is 15.2. The van der Waals surface area contributed by atoms with Crippen LogP contribution in [0.25, 0.3) is 0 Å². The quantitative estimate of drug-likeness (QED) is 0.908. The Kier molecular flexibility index (Phi) is 4.94. The highest BCUT2D eigenvalue weighted by molar-refractivity contribution is 5.51. The standard InChI is InChI=1S/C18H25N5O/c1-12-13(2)20-18(23(3)4)22-17(12)21-16-11-24-10-15(16)9-14-5-7-19-8-6-14/h5-8,15-16H,9-11H2,1-4H3,(H,20,21,22)/t15-,16-/m1/s1. The van der Waals surface area contributed by atoms with E-state index in [0.717, 1.165) is 36.1 Å². The molecule has 0 spiro atoms. The molecule has 128 valence electrons. The average molecular weight is 327 g/mol. The number of hydrogen-bond donors (Lipinski definition) is 1. The van der Waals surface area contributed by atoms with Crippen molar-refractivity contribution >= 4 is 11.8 Å². The van der Waals surface area contributed by atoms with Crippen molar-refractivity contribution < 1.29 is 4.74 Å². The van der Waals surface area contributed by atoms with E-state index in [-0.39, 0.29) is 6.04 Å². The molecule has 0 saturated carbocycles. The molecule has 1 N–H and O–H groups in total. The van der Waals surface area contributed by atoms with Crippen LogP contribution in [0.3, 0.4) is 0 Å². The van der Waals surface area contributed by atoms with Gasteiger partial charge in [0.1, 0.15) is 5.82 Å². The first-order chi connectivity index (χ1) is 11.5. The first kappa shape index (κ1) is 16.6. The summed E-state index contributed by atoms with van der Waals surface area (Å²) in [6.07, 6.45) is 4.66. The fourth-order valence-corrected chi connectivity index (χ4v) is 2.91. The van der Waals surface area contributed by atoms with Crippen molar-refractivity contribution in [3.63, 3.8) is 0 Å². The monoisotopic (exact) mass is 327 g/mol. The Bertz CT molecular complexity index is 689. The van der Waals surface area contributed by atoms with Gasteiger partial charge in [0.25, 0.3) is 0 Å². The normalized spacial score (nSPS) is 20.2. The third kappa shape index (κ3) is 3.64. The number of nitrogens with one attached hydrogen (secondary N) is 1. The largest absolute Gasteiger partial charge is 0.379 e. The molecule has 1 aliphatic heterocycles. The van der Waals surface area contributed by atoms with Gasteiger partial charge >= 0.3 is 0 Å². The van der Waals surface area contributed by atoms with Crippen LogP contribution in [0.1, 0.15) is 16.8 Å². The molecule has 0 aromatic carbocycles. The Morgan fingerprint density at radius 1 is 1.17 bits per heavy atom. The van der Waals surface area contributed by atoms with Crippen LogP contribution in [0.5, 0.6) is 0 Å². The summed E-state index contributed by atoms with van der Waals surface area (Å²) < 4.78 is 5.73. The maximum Gasteiger partial charge on any atom is 0.227 e. The summed E-state index contributed by atoms with van der Waals surface area (Å²) in [5, 5.41) is 3.60. The molecule has 2 aromatic rings. The first-order valence-electron chi connectivity index (χ1n) is 8.30. The Balaban J connectivity index is 1.77. The third-order valence-electron chi connectivity index (χ3n) is 4.55. The van der Waals surface area contributed by atoms with Crippen molar-refractivity contribution in [3.05, 3.63) is 41.3 Å². The van der Waals surface area contributed by atoms with Gasteiger partial charge in [-0.3, -0.25) is 4.98 Å². The van der Waals surface area contributed by atoms with Crippen molar-refractivity contribution in [2.45, 2.75) is 26.3 Å². The van der Waals surface area contributed by atoms with E-state index in [0.29, 0.717) is 12.5 Å². The van der Waals surface area contributed by atoms with Gasteiger partial charge in [-0.1, -0.05) is 0 Å². The Morgan fingerprint density at radius 2 is 1.92 bits per heavy atom. The summed E-state index contributed by atoms with van der Waals surface area (Å²) in [5.74, 6) is 2.05. The zero-order valence-electron chi connectivity index (χ0n) is 14.8. The van der Waals surface area contributed by atoms with Crippen molar-refractivity contribution in [2.24, 2.45) is 5.92 Å². The molecule has 2 aromatic heterocycles. The topological polar surface area (TPSA) is 63.2 Å². The van der Waals surface area contributed by atoms with E-state index in [1.807, 2.05) is 38.3 Å². The second-order valence-corrected chi connectivity index (χ2v) is 6.59. The van der Waals surface area contributed by atoms with E-state index in [4.69, 9.17) is 4.74 Å². The van der Waals surface area contributed by atoms with E-state index in [1.165, 1.54) is 5.56 Å². The highest BCUT2D eigenvalue weighted by Gasteiger charge is 2.29. The van der Waals surface area contributed by atoms with E-state index >= 15 is 0 Å². The molecule has 1 aliphatic rings. The summed E-state index contributed by atoms with van der Waals surface area (Å²) in [5.41, 5.74) is 3.38. The van der Waals surface area contributed by atoms with Crippen LogP contribution in [-0.4, -0.2) is 48.3 Å². The molecule has 0 radical (unpaired) electrons. The minimum Gasteiger partial charge on any atom is -0.379 e. The van der Waals surface area contributed by atoms with E-state index in [9.17, 15) is 0 Å². The summed E-state index contributed by atoms with van der Waals surface area (Å²) >= 11 is 0. The number of hydrogen-bond acceptors (Lipinski definition) is 6. The first-order valence-corrected chi connectivity index (χ1v) is 8.30. The number of aromatic nitrogens is 3. The van der Waals surface area contributed by atoms with Gasteiger partial charge in [-0.05, 0) is 38.0 Å². The van der Waals surface area contributed by atoms with Crippen LogP contribution in [0.2, 0.25) is 0 Å². The zero-order valence-corrected chi connectivity index (χ0v) is 14.8. The van der Waals surface area contributed by atoms with Gasteiger partial charge in [0.15, 0.2) is 0 Å². The van der Waals surface area contributed by atoms with E-state index in [1.54, 1.807) is 0 Å².